The molecule has 0 aromatic heterocycles. The summed E-state index contributed by atoms with van der Waals surface area (Å²) in [6.45, 7) is 1.81. The van der Waals surface area contributed by atoms with Gasteiger partial charge in [-0.05, 0) is 18.4 Å². The van der Waals surface area contributed by atoms with Crippen LogP contribution in [0, 0.1) is 0 Å². The second-order valence-corrected chi connectivity index (χ2v) is 6.62. The van der Waals surface area contributed by atoms with Crippen molar-refractivity contribution >= 4 is 17.7 Å². The van der Waals surface area contributed by atoms with E-state index < -0.39 is 6.10 Å². The van der Waals surface area contributed by atoms with Crippen LogP contribution in [0.1, 0.15) is 43.8 Å². The SMILES string of the molecule is O=C(CSCC(O)c1ccccc1)N1CCCCCCC1. The summed E-state index contributed by atoms with van der Waals surface area (Å²) < 4.78 is 0. The Bertz CT molecular complexity index is 416. The van der Waals surface area contributed by atoms with Gasteiger partial charge in [-0.15, -0.1) is 11.8 Å². The number of carbonyl (C=O) groups is 1. The number of amides is 1. The second-order valence-electron chi connectivity index (χ2n) is 5.59. The Morgan fingerprint density at radius 3 is 2.38 bits per heavy atom. The van der Waals surface area contributed by atoms with Gasteiger partial charge in [0.15, 0.2) is 0 Å². The molecule has 1 unspecified atom stereocenters. The van der Waals surface area contributed by atoms with E-state index in [1.54, 1.807) is 0 Å². The molecule has 0 bridgehead atoms. The first-order valence-electron chi connectivity index (χ1n) is 7.86. The molecule has 21 heavy (non-hydrogen) atoms. The highest BCUT2D eigenvalue weighted by Crippen LogP contribution is 2.19. The number of rotatable bonds is 5. The molecular formula is C17H25NO2S. The first kappa shape index (κ1) is 16.4. The lowest BCUT2D eigenvalue weighted by Gasteiger charge is -2.24. The first-order valence-corrected chi connectivity index (χ1v) is 9.01. The van der Waals surface area contributed by atoms with Gasteiger partial charge in [0.1, 0.15) is 0 Å². The predicted molar refractivity (Wildman–Crippen MR) is 88.4 cm³/mol. The fourth-order valence-corrected chi connectivity index (χ4v) is 3.51. The summed E-state index contributed by atoms with van der Waals surface area (Å²) in [5, 5.41) is 10.1. The summed E-state index contributed by atoms with van der Waals surface area (Å²) in [5.41, 5.74) is 0.920. The third-order valence-corrected chi connectivity index (χ3v) is 4.90. The molecule has 1 aromatic rings. The van der Waals surface area contributed by atoms with E-state index in [0.717, 1.165) is 31.5 Å². The van der Waals surface area contributed by atoms with Gasteiger partial charge in [0.05, 0.1) is 11.9 Å². The van der Waals surface area contributed by atoms with Gasteiger partial charge in [0, 0.05) is 18.8 Å². The highest BCUT2D eigenvalue weighted by Gasteiger charge is 2.15. The van der Waals surface area contributed by atoms with Gasteiger partial charge in [0.25, 0.3) is 0 Å². The van der Waals surface area contributed by atoms with E-state index in [1.165, 1.54) is 31.0 Å². The number of carbonyl (C=O) groups excluding carboxylic acids is 1. The molecule has 1 aliphatic rings. The van der Waals surface area contributed by atoms with Gasteiger partial charge < -0.3 is 10.0 Å². The second kappa shape index (κ2) is 9.11. The van der Waals surface area contributed by atoms with E-state index in [1.807, 2.05) is 35.2 Å². The molecule has 116 valence electrons. The summed E-state index contributed by atoms with van der Waals surface area (Å²) >= 11 is 1.53. The van der Waals surface area contributed by atoms with Gasteiger partial charge in [-0.3, -0.25) is 4.79 Å². The van der Waals surface area contributed by atoms with Crippen LogP contribution in [-0.4, -0.2) is 40.5 Å². The molecule has 0 spiro atoms. The highest BCUT2D eigenvalue weighted by molar-refractivity contribution is 7.99. The molecular weight excluding hydrogens is 282 g/mol. The van der Waals surface area contributed by atoms with E-state index in [9.17, 15) is 9.90 Å². The normalized spacial score (nSPS) is 17.9. The minimum absolute atomic E-state index is 0.224. The molecule has 1 fully saturated rings. The number of thioether (sulfide) groups is 1. The fraction of sp³-hybridized carbons (Fsp3) is 0.588. The number of aliphatic hydroxyl groups excluding tert-OH is 1. The first-order chi connectivity index (χ1) is 10.3. The molecule has 0 radical (unpaired) electrons. The van der Waals surface area contributed by atoms with Gasteiger partial charge in [-0.25, -0.2) is 0 Å². The fourth-order valence-electron chi connectivity index (χ4n) is 2.62. The molecule has 1 aliphatic heterocycles. The highest BCUT2D eigenvalue weighted by atomic mass is 32.2. The van der Waals surface area contributed by atoms with Crippen molar-refractivity contribution in [3.05, 3.63) is 35.9 Å². The molecule has 1 saturated heterocycles. The zero-order valence-electron chi connectivity index (χ0n) is 12.5. The van der Waals surface area contributed by atoms with Gasteiger partial charge in [-0.2, -0.15) is 0 Å². The van der Waals surface area contributed by atoms with Crippen molar-refractivity contribution in [1.82, 2.24) is 4.90 Å². The Labute approximate surface area is 131 Å². The Balaban J connectivity index is 1.70. The zero-order valence-corrected chi connectivity index (χ0v) is 13.4. The van der Waals surface area contributed by atoms with Crippen LogP contribution in [0.15, 0.2) is 30.3 Å². The van der Waals surface area contributed by atoms with Crippen molar-refractivity contribution in [2.75, 3.05) is 24.6 Å². The summed E-state index contributed by atoms with van der Waals surface area (Å²) in [5.74, 6) is 1.27. The van der Waals surface area contributed by atoms with Crippen LogP contribution in [0.25, 0.3) is 0 Å². The maximum absolute atomic E-state index is 12.2. The average Bonchev–Trinajstić information content (AvgIpc) is 2.47. The molecule has 1 amide bonds. The molecule has 1 N–H and O–H groups in total. The molecule has 1 aromatic carbocycles. The van der Waals surface area contributed by atoms with Gasteiger partial charge in [-0.1, -0.05) is 49.6 Å². The lowest BCUT2D eigenvalue weighted by Crippen LogP contribution is -2.35. The van der Waals surface area contributed by atoms with Gasteiger partial charge in [0.2, 0.25) is 5.91 Å². The van der Waals surface area contributed by atoms with Crippen molar-refractivity contribution < 1.29 is 9.90 Å². The van der Waals surface area contributed by atoms with Crippen LogP contribution >= 0.6 is 11.8 Å². The van der Waals surface area contributed by atoms with Crippen molar-refractivity contribution in [3.8, 4) is 0 Å². The molecule has 4 heteroatoms. The predicted octanol–water partition coefficient (Wildman–Crippen LogP) is 3.25. The number of hydrogen-bond donors (Lipinski definition) is 1. The largest absolute Gasteiger partial charge is 0.388 e. The van der Waals surface area contributed by atoms with Crippen molar-refractivity contribution in [3.63, 3.8) is 0 Å². The lowest BCUT2D eigenvalue weighted by molar-refractivity contribution is -0.128. The summed E-state index contributed by atoms with van der Waals surface area (Å²) in [4.78, 5) is 14.2. The van der Waals surface area contributed by atoms with Crippen LogP contribution in [0.4, 0.5) is 0 Å². The maximum Gasteiger partial charge on any atom is 0.232 e. The molecule has 1 atom stereocenters. The van der Waals surface area contributed by atoms with E-state index >= 15 is 0 Å². The summed E-state index contributed by atoms with van der Waals surface area (Å²) in [6.07, 6.45) is 5.55. The molecule has 3 nitrogen and oxygen atoms in total. The number of hydrogen-bond acceptors (Lipinski definition) is 3. The van der Waals surface area contributed by atoms with E-state index in [0.29, 0.717) is 11.5 Å². The van der Waals surface area contributed by atoms with E-state index in [-0.39, 0.29) is 5.91 Å². The van der Waals surface area contributed by atoms with E-state index in [2.05, 4.69) is 0 Å². The smallest absolute Gasteiger partial charge is 0.232 e. The van der Waals surface area contributed by atoms with Gasteiger partial charge >= 0.3 is 0 Å². The molecule has 0 saturated carbocycles. The van der Waals surface area contributed by atoms with Crippen LogP contribution in [0.3, 0.4) is 0 Å². The minimum atomic E-state index is -0.490. The molecule has 2 rings (SSSR count). The lowest BCUT2D eigenvalue weighted by atomic mass is 10.1. The van der Waals surface area contributed by atoms with Crippen molar-refractivity contribution in [2.45, 2.75) is 38.2 Å². The minimum Gasteiger partial charge on any atom is -0.388 e. The molecule has 1 heterocycles. The number of benzene rings is 1. The monoisotopic (exact) mass is 307 g/mol. The number of aliphatic hydroxyl groups is 1. The topological polar surface area (TPSA) is 40.5 Å². The quantitative estimate of drug-likeness (QED) is 0.908. The van der Waals surface area contributed by atoms with Crippen molar-refractivity contribution in [2.24, 2.45) is 0 Å². The summed E-state index contributed by atoms with van der Waals surface area (Å²) in [7, 11) is 0. The van der Waals surface area contributed by atoms with E-state index in [4.69, 9.17) is 0 Å². The standard InChI is InChI=1S/C17H25NO2S/c19-16(15-9-5-4-6-10-15)13-21-14-17(20)18-11-7-2-1-3-8-12-18/h4-6,9-10,16,19H,1-3,7-8,11-14H2. The third-order valence-electron chi connectivity index (χ3n) is 3.89. The van der Waals surface area contributed by atoms with Crippen LogP contribution in [-0.2, 0) is 4.79 Å². The Morgan fingerprint density at radius 1 is 1.10 bits per heavy atom. The maximum atomic E-state index is 12.2. The Kier molecular flexibility index (Phi) is 7.10. The van der Waals surface area contributed by atoms with Crippen LogP contribution < -0.4 is 0 Å². The Morgan fingerprint density at radius 2 is 1.71 bits per heavy atom. The molecule has 0 aliphatic carbocycles. The van der Waals surface area contributed by atoms with Crippen molar-refractivity contribution in [1.29, 1.82) is 0 Å². The average molecular weight is 307 g/mol. The zero-order chi connectivity index (χ0) is 14.9. The number of likely N-dealkylation sites (tertiary alicyclic amines) is 1. The van der Waals surface area contributed by atoms with Crippen LogP contribution in [0.2, 0.25) is 0 Å². The number of nitrogens with zero attached hydrogens (tertiary/aromatic N) is 1. The Hall–Kier alpha value is -1.00. The summed E-state index contributed by atoms with van der Waals surface area (Å²) in [6, 6.07) is 9.63. The third kappa shape index (κ3) is 5.71. The van der Waals surface area contributed by atoms with Crippen LogP contribution in [0.5, 0.6) is 0 Å².